The lowest BCUT2D eigenvalue weighted by Gasteiger charge is -2.25. The van der Waals surface area contributed by atoms with Gasteiger partial charge in [-0.2, -0.15) is 0 Å². The third-order valence-electron chi connectivity index (χ3n) is 2.78. The number of rotatable bonds is 3. The van der Waals surface area contributed by atoms with Crippen molar-refractivity contribution in [3.8, 4) is 0 Å². The first-order valence-corrected chi connectivity index (χ1v) is 5.05. The highest BCUT2D eigenvalue weighted by molar-refractivity contribution is 5.48. The first kappa shape index (κ1) is 12.0. The Labute approximate surface area is 91.1 Å². The predicted molar refractivity (Wildman–Crippen MR) is 62.8 cm³/mol. The van der Waals surface area contributed by atoms with Crippen LogP contribution < -0.4 is 10.2 Å². The average molecular weight is 210 g/mol. The molecule has 0 heterocycles. The summed E-state index contributed by atoms with van der Waals surface area (Å²) in [5.41, 5.74) is 1.37. The van der Waals surface area contributed by atoms with E-state index in [1.165, 1.54) is 0 Å². The molecule has 84 valence electrons. The van der Waals surface area contributed by atoms with Gasteiger partial charge in [0.2, 0.25) is 0 Å². The molecule has 0 fully saturated rings. The molecule has 1 rings (SSSR count). The van der Waals surface area contributed by atoms with Gasteiger partial charge in [-0.05, 0) is 38.6 Å². The van der Waals surface area contributed by atoms with Gasteiger partial charge in [-0.15, -0.1) is 0 Å². The third kappa shape index (κ3) is 2.48. The Morgan fingerprint density at radius 2 is 1.87 bits per heavy atom. The van der Waals surface area contributed by atoms with Gasteiger partial charge in [0.1, 0.15) is 5.82 Å². The molecule has 0 aliphatic rings. The lowest BCUT2D eigenvalue weighted by Crippen LogP contribution is -2.33. The van der Waals surface area contributed by atoms with E-state index in [-0.39, 0.29) is 11.4 Å². The van der Waals surface area contributed by atoms with E-state index in [0.717, 1.165) is 5.56 Å². The number of nitrogens with one attached hydrogen (secondary N) is 1. The molecule has 0 aromatic heterocycles. The van der Waals surface area contributed by atoms with Crippen LogP contribution in [-0.2, 0) is 5.54 Å². The molecule has 1 aromatic carbocycles. The number of benzene rings is 1. The van der Waals surface area contributed by atoms with E-state index in [1.54, 1.807) is 11.0 Å². The molecule has 0 saturated heterocycles. The van der Waals surface area contributed by atoms with Crippen molar-refractivity contribution in [1.29, 1.82) is 0 Å². The minimum Gasteiger partial charge on any atom is -0.375 e. The number of hydrogen-bond acceptors (Lipinski definition) is 2. The molecule has 15 heavy (non-hydrogen) atoms. The zero-order valence-corrected chi connectivity index (χ0v) is 10.1. The van der Waals surface area contributed by atoms with Gasteiger partial charge in [0.05, 0.1) is 5.69 Å². The maximum Gasteiger partial charge on any atom is 0.146 e. The molecule has 0 aliphatic heterocycles. The third-order valence-corrected chi connectivity index (χ3v) is 2.78. The SMILES string of the molecule is CNC(C)(C)c1ccc(N(C)C)c(F)c1. The van der Waals surface area contributed by atoms with Crippen molar-refractivity contribution in [2.75, 3.05) is 26.0 Å². The zero-order chi connectivity index (χ0) is 11.6. The first-order chi connectivity index (χ1) is 6.88. The Bertz CT molecular complexity index is 345. The highest BCUT2D eigenvalue weighted by Gasteiger charge is 2.19. The van der Waals surface area contributed by atoms with Gasteiger partial charge in [0, 0.05) is 19.6 Å². The van der Waals surface area contributed by atoms with E-state index in [1.807, 2.05) is 47.1 Å². The van der Waals surface area contributed by atoms with E-state index in [0.29, 0.717) is 5.69 Å². The van der Waals surface area contributed by atoms with Crippen molar-refractivity contribution in [2.24, 2.45) is 0 Å². The van der Waals surface area contributed by atoms with Gasteiger partial charge < -0.3 is 10.2 Å². The molecule has 0 unspecified atom stereocenters. The van der Waals surface area contributed by atoms with Crippen LogP contribution in [0.3, 0.4) is 0 Å². The zero-order valence-electron chi connectivity index (χ0n) is 10.1. The van der Waals surface area contributed by atoms with Gasteiger partial charge in [-0.3, -0.25) is 0 Å². The summed E-state index contributed by atoms with van der Waals surface area (Å²) in [7, 11) is 5.54. The fourth-order valence-corrected chi connectivity index (χ4v) is 1.40. The van der Waals surface area contributed by atoms with Crippen LogP contribution in [0.4, 0.5) is 10.1 Å². The number of anilines is 1. The second kappa shape index (κ2) is 4.19. The van der Waals surface area contributed by atoms with Gasteiger partial charge >= 0.3 is 0 Å². The maximum absolute atomic E-state index is 13.7. The van der Waals surface area contributed by atoms with Crippen molar-refractivity contribution >= 4 is 5.69 Å². The second-order valence-corrected chi connectivity index (χ2v) is 4.44. The van der Waals surface area contributed by atoms with Crippen LogP contribution >= 0.6 is 0 Å². The highest BCUT2D eigenvalue weighted by atomic mass is 19.1. The van der Waals surface area contributed by atoms with Gasteiger partial charge in [0.25, 0.3) is 0 Å². The minimum absolute atomic E-state index is 0.180. The van der Waals surface area contributed by atoms with Gasteiger partial charge in [0.15, 0.2) is 0 Å². The quantitative estimate of drug-likeness (QED) is 0.823. The van der Waals surface area contributed by atoms with Crippen molar-refractivity contribution < 1.29 is 4.39 Å². The van der Waals surface area contributed by atoms with Crippen molar-refractivity contribution in [2.45, 2.75) is 19.4 Å². The Morgan fingerprint density at radius 1 is 1.27 bits per heavy atom. The van der Waals surface area contributed by atoms with Crippen LogP contribution in [0.1, 0.15) is 19.4 Å². The number of hydrogen-bond donors (Lipinski definition) is 1. The normalized spacial score (nSPS) is 11.6. The standard InChI is InChI=1S/C12H19FN2/c1-12(2,14-3)9-6-7-11(15(4)5)10(13)8-9/h6-8,14H,1-5H3. The molecule has 0 amide bonds. The van der Waals surface area contributed by atoms with Crippen LogP contribution in [0, 0.1) is 5.82 Å². The minimum atomic E-state index is -0.203. The Morgan fingerprint density at radius 3 is 2.27 bits per heavy atom. The molecule has 1 aromatic rings. The van der Waals surface area contributed by atoms with Crippen LogP contribution in [-0.4, -0.2) is 21.1 Å². The summed E-state index contributed by atoms with van der Waals surface area (Å²) in [4.78, 5) is 1.77. The number of halogens is 1. The van der Waals surface area contributed by atoms with E-state index in [9.17, 15) is 4.39 Å². The predicted octanol–water partition coefficient (Wildman–Crippen LogP) is 2.35. The van der Waals surface area contributed by atoms with Crippen LogP contribution in [0.25, 0.3) is 0 Å². The monoisotopic (exact) mass is 210 g/mol. The summed E-state index contributed by atoms with van der Waals surface area (Å²) in [6, 6.07) is 5.35. The molecule has 0 bridgehead atoms. The molecule has 0 spiro atoms. The summed E-state index contributed by atoms with van der Waals surface area (Å²) >= 11 is 0. The topological polar surface area (TPSA) is 15.3 Å². The summed E-state index contributed by atoms with van der Waals surface area (Å²) in [5.74, 6) is -0.180. The molecule has 0 aliphatic carbocycles. The molecule has 0 radical (unpaired) electrons. The lowest BCUT2D eigenvalue weighted by molar-refractivity contribution is 0.441. The molecular formula is C12H19FN2. The Kier molecular flexibility index (Phi) is 3.35. The average Bonchev–Trinajstić information content (AvgIpc) is 2.17. The largest absolute Gasteiger partial charge is 0.375 e. The van der Waals surface area contributed by atoms with Crippen molar-refractivity contribution in [3.05, 3.63) is 29.6 Å². The summed E-state index contributed by atoms with van der Waals surface area (Å²) in [6.07, 6.45) is 0. The van der Waals surface area contributed by atoms with Crippen LogP contribution in [0.5, 0.6) is 0 Å². The molecule has 3 heteroatoms. The molecule has 0 atom stereocenters. The highest BCUT2D eigenvalue weighted by Crippen LogP contribution is 2.25. The summed E-state index contributed by atoms with van der Waals surface area (Å²) < 4.78 is 13.7. The smallest absolute Gasteiger partial charge is 0.146 e. The van der Waals surface area contributed by atoms with Crippen molar-refractivity contribution in [3.63, 3.8) is 0 Å². The molecule has 0 saturated carbocycles. The maximum atomic E-state index is 13.7. The van der Waals surface area contributed by atoms with E-state index < -0.39 is 0 Å². The van der Waals surface area contributed by atoms with Crippen molar-refractivity contribution in [1.82, 2.24) is 5.32 Å². The fourth-order valence-electron chi connectivity index (χ4n) is 1.40. The van der Waals surface area contributed by atoms with Gasteiger partial charge in [-0.1, -0.05) is 6.07 Å². The van der Waals surface area contributed by atoms with E-state index in [4.69, 9.17) is 0 Å². The van der Waals surface area contributed by atoms with E-state index >= 15 is 0 Å². The summed E-state index contributed by atoms with van der Waals surface area (Å²) in [6.45, 7) is 4.05. The summed E-state index contributed by atoms with van der Waals surface area (Å²) in [5, 5.41) is 3.15. The first-order valence-electron chi connectivity index (χ1n) is 5.05. The van der Waals surface area contributed by atoms with Crippen LogP contribution in [0.15, 0.2) is 18.2 Å². The molecule has 2 nitrogen and oxygen atoms in total. The molecule has 1 N–H and O–H groups in total. The fraction of sp³-hybridized carbons (Fsp3) is 0.500. The molecular weight excluding hydrogens is 191 g/mol. The second-order valence-electron chi connectivity index (χ2n) is 4.44. The lowest BCUT2D eigenvalue weighted by atomic mass is 9.94. The van der Waals surface area contributed by atoms with E-state index in [2.05, 4.69) is 5.32 Å². The number of nitrogens with zero attached hydrogens (tertiary/aromatic N) is 1. The Balaban J connectivity index is 3.12. The van der Waals surface area contributed by atoms with Gasteiger partial charge in [-0.25, -0.2) is 4.39 Å². The Hall–Kier alpha value is -1.09. The van der Waals surface area contributed by atoms with Crippen LogP contribution in [0.2, 0.25) is 0 Å².